The second kappa shape index (κ2) is 7.88. The number of rotatable bonds is 8. The molecule has 5 N–H and O–H groups in total. The van der Waals surface area contributed by atoms with Gasteiger partial charge in [-0.25, -0.2) is 4.79 Å². The number of hydrogen-bond acceptors (Lipinski definition) is 4. The summed E-state index contributed by atoms with van der Waals surface area (Å²) in [4.78, 5) is 33.1. The van der Waals surface area contributed by atoms with Crippen LogP contribution in [0.5, 0.6) is 0 Å². The van der Waals surface area contributed by atoms with E-state index in [2.05, 4.69) is 5.32 Å². The van der Waals surface area contributed by atoms with Gasteiger partial charge in [0.05, 0.1) is 0 Å². The molecule has 1 atom stereocenters. The number of nitrogens with one attached hydrogen (secondary N) is 1. The highest BCUT2D eigenvalue weighted by Crippen LogP contribution is 2.09. The predicted molar refractivity (Wildman–Crippen MR) is 75.6 cm³/mol. The molecular formula is C14H18N2O5. The van der Waals surface area contributed by atoms with E-state index in [9.17, 15) is 14.4 Å². The smallest absolute Gasteiger partial charge is 0.326 e. The molecule has 0 saturated carbocycles. The number of amides is 1. The molecule has 0 radical (unpaired) electrons. The van der Waals surface area contributed by atoms with E-state index in [0.29, 0.717) is 12.1 Å². The first kappa shape index (κ1) is 16.5. The molecule has 0 fully saturated rings. The SMILES string of the molecule is Nc1cccc(CCC(=O)NC(CCC(=O)O)C(=O)O)c1. The Morgan fingerprint density at radius 3 is 2.48 bits per heavy atom. The van der Waals surface area contributed by atoms with E-state index in [1.54, 1.807) is 18.2 Å². The average Bonchev–Trinajstić information content (AvgIpc) is 2.40. The lowest BCUT2D eigenvalue weighted by Crippen LogP contribution is -2.41. The molecule has 114 valence electrons. The number of nitrogen functional groups attached to an aromatic ring is 1. The molecule has 0 aliphatic rings. The zero-order chi connectivity index (χ0) is 15.8. The predicted octanol–water partition coefficient (Wildman–Crippen LogP) is 0.636. The largest absolute Gasteiger partial charge is 0.481 e. The first-order chi connectivity index (χ1) is 9.88. The third kappa shape index (κ3) is 6.42. The molecule has 0 aliphatic carbocycles. The molecule has 0 spiro atoms. The van der Waals surface area contributed by atoms with Crippen LogP contribution in [-0.2, 0) is 20.8 Å². The average molecular weight is 294 g/mol. The van der Waals surface area contributed by atoms with Crippen LogP contribution in [0.2, 0.25) is 0 Å². The maximum absolute atomic E-state index is 11.7. The zero-order valence-corrected chi connectivity index (χ0v) is 11.4. The van der Waals surface area contributed by atoms with Crippen LogP contribution in [0, 0.1) is 0 Å². The van der Waals surface area contributed by atoms with Gasteiger partial charge in [0, 0.05) is 18.5 Å². The van der Waals surface area contributed by atoms with Gasteiger partial charge in [0.2, 0.25) is 5.91 Å². The fourth-order valence-corrected chi connectivity index (χ4v) is 1.80. The van der Waals surface area contributed by atoms with Crippen molar-refractivity contribution >= 4 is 23.5 Å². The van der Waals surface area contributed by atoms with Crippen molar-refractivity contribution in [1.29, 1.82) is 0 Å². The van der Waals surface area contributed by atoms with Gasteiger partial charge >= 0.3 is 11.9 Å². The minimum Gasteiger partial charge on any atom is -0.481 e. The highest BCUT2D eigenvalue weighted by atomic mass is 16.4. The van der Waals surface area contributed by atoms with Gasteiger partial charge in [-0.15, -0.1) is 0 Å². The molecule has 0 heterocycles. The Kier molecular flexibility index (Phi) is 6.19. The summed E-state index contributed by atoms with van der Waals surface area (Å²) >= 11 is 0. The summed E-state index contributed by atoms with van der Waals surface area (Å²) in [7, 11) is 0. The molecule has 7 heteroatoms. The first-order valence-corrected chi connectivity index (χ1v) is 6.47. The Bertz CT molecular complexity index is 530. The summed E-state index contributed by atoms with van der Waals surface area (Å²) in [6.07, 6.45) is 0.0869. The van der Waals surface area contributed by atoms with Crippen molar-refractivity contribution in [1.82, 2.24) is 5.32 Å². The van der Waals surface area contributed by atoms with Crippen molar-refractivity contribution in [2.75, 3.05) is 5.73 Å². The van der Waals surface area contributed by atoms with Crippen molar-refractivity contribution in [2.45, 2.75) is 31.7 Å². The Morgan fingerprint density at radius 1 is 1.19 bits per heavy atom. The Morgan fingerprint density at radius 2 is 1.90 bits per heavy atom. The number of carboxylic acid groups (broad SMARTS) is 2. The summed E-state index contributed by atoms with van der Waals surface area (Å²) in [6, 6.07) is 5.88. The number of carbonyl (C=O) groups excluding carboxylic acids is 1. The second-order valence-electron chi connectivity index (χ2n) is 4.64. The fourth-order valence-electron chi connectivity index (χ4n) is 1.80. The van der Waals surface area contributed by atoms with Gasteiger partial charge in [-0.1, -0.05) is 12.1 Å². The summed E-state index contributed by atoms with van der Waals surface area (Å²) in [5, 5.41) is 19.8. The quantitative estimate of drug-likeness (QED) is 0.520. The van der Waals surface area contributed by atoms with Crippen LogP contribution in [0.4, 0.5) is 5.69 Å². The number of aryl methyl sites for hydroxylation is 1. The lowest BCUT2D eigenvalue weighted by Gasteiger charge is -2.13. The van der Waals surface area contributed by atoms with Gasteiger partial charge in [0.25, 0.3) is 0 Å². The van der Waals surface area contributed by atoms with Crippen molar-refractivity contribution < 1.29 is 24.6 Å². The zero-order valence-electron chi connectivity index (χ0n) is 11.4. The Hall–Kier alpha value is -2.57. The van der Waals surface area contributed by atoms with Crippen LogP contribution in [0.1, 0.15) is 24.8 Å². The van der Waals surface area contributed by atoms with Gasteiger partial charge in [-0.05, 0) is 30.5 Å². The van der Waals surface area contributed by atoms with Crippen LogP contribution < -0.4 is 11.1 Å². The minimum atomic E-state index is -1.24. The molecule has 1 amide bonds. The van der Waals surface area contributed by atoms with E-state index in [0.717, 1.165) is 5.56 Å². The van der Waals surface area contributed by atoms with Crippen LogP contribution >= 0.6 is 0 Å². The molecule has 0 aliphatic heterocycles. The fraction of sp³-hybridized carbons (Fsp3) is 0.357. The normalized spacial score (nSPS) is 11.6. The van der Waals surface area contributed by atoms with E-state index in [1.165, 1.54) is 0 Å². The number of hydrogen-bond donors (Lipinski definition) is 4. The van der Waals surface area contributed by atoms with E-state index >= 15 is 0 Å². The van der Waals surface area contributed by atoms with Gasteiger partial charge < -0.3 is 21.3 Å². The Balaban J connectivity index is 2.46. The topological polar surface area (TPSA) is 130 Å². The molecule has 0 aromatic heterocycles. The number of anilines is 1. The third-order valence-electron chi connectivity index (χ3n) is 2.87. The Labute approximate surface area is 121 Å². The first-order valence-electron chi connectivity index (χ1n) is 6.47. The van der Waals surface area contributed by atoms with E-state index in [4.69, 9.17) is 15.9 Å². The van der Waals surface area contributed by atoms with Crippen molar-refractivity contribution in [3.05, 3.63) is 29.8 Å². The summed E-state index contributed by atoms with van der Waals surface area (Å²) < 4.78 is 0. The highest BCUT2D eigenvalue weighted by molar-refractivity contribution is 5.84. The molecular weight excluding hydrogens is 276 g/mol. The molecule has 0 bridgehead atoms. The molecule has 21 heavy (non-hydrogen) atoms. The summed E-state index contributed by atoms with van der Waals surface area (Å²) in [5.74, 6) is -2.78. The monoisotopic (exact) mass is 294 g/mol. The molecule has 1 unspecified atom stereocenters. The van der Waals surface area contributed by atoms with Crippen LogP contribution in [0.15, 0.2) is 24.3 Å². The van der Waals surface area contributed by atoms with Crippen molar-refractivity contribution in [2.24, 2.45) is 0 Å². The molecule has 1 aromatic rings. The van der Waals surface area contributed by atoms with Crippen molar-refractivity contribution in [3.8, 4) is 0 Å². The second-order valence-corrected chi connectivity index (χ2v) is 4.64. The third-order valence-corrected chi connectivity index (χ3v) is 2.87. The van der Waals surface area contributed by atoms with Crippen LogP contribution in [0.3, 0.4) is 0 Å². The number of nitrogens with two attached hydrogens (primary N) is 1. The molecule has 1 rings (SSSR count). The molecule has 7 nitrogen and oxygen atoms in total. The molecule has 1 aromatic carbocycles. The minimum absolute atomic E-state index is 0.111. The van der Waals surface area contributed by atoms with Gasteiger partial charge in [0.1, 0.15) is 6.04 Å². The lowest BCUT2D eigenvalue weighted by atomic mass is 10.1. The van der Waals surface area contributed by atoms with Gasteiger partial charge in [-0.2, -0.15) is 0 Å². The van der Waals surface area contributed by atoms with E-state index in [-0.39, 0.29) is 19.3 Å². The van der Waals surface area contributed by atoms with Gasteiger partial charge in [-0.3, -0.25) is 9.59 Å². The number of benzene rings is 1. The lowest BCUT2D eigenvalue weighted by molar-refractivity contribution is -0.143. The molecule has 0 saturated heterocycles. The van der Waals surface area contributed by atoms with E-state index in [1.807, 2.05) is 6.07 Å². The maximum atomic E-state index is 11.7. The number of aliphatic carboxylic acids is 2. The van der Waals surface area contributed by atoms with Gasteiger partial charge in [0.15, 0.2) is 0 Å². The van der Waals surface area contributed by atoms with Crippen molar-refractivity contribution in [3.63, 3.8) is 0 Å². The number of carbonyl (C=O) groups is 3. The van der Waals surface area contributed by atoms with Crippen LogP contribution in [0.25, 0.3) is 0 Å². The summed E-state index contributed by atoms with van der Waals surface area (Å²) in [6.45, 7) is 0. The summed E-state index contributed by atoms with van der Waals surface area (Å²) in [5.41, 5.74) is 7.09. The maximum Gasteiger partial charge on any atom is 0.326 e. The highest BCUT2D eigenvalue weighted by Gasteiger charge is 2.20. The number of carboxylic acids is 2. The van der Waals surface area contributed by atoms with Crippen LogP contribution in [-0.4, -0.2) is 34.1 Å². The van der Waals surface area contributed by atoms with E-state index < -0.39 is 23.9 Å². The standard InChI is InChI=1S/C14H18N2O5/c15-10-3-1-2-9(8-10)4-6-12(17)16-11(14(20)21)5-7-13(18)19/h1-3,8,11H,4-7,15H2,(H,16,17)(H,18,19)(H,20,21).